The number of likely N-dealkylation sites (tertiary alicyclic amines) is 1. The maximum absolute atomic E-state index is 12.6. The SMILES string of the molecule is CCN(CC)S(=O)(=O)c1ccc(=O)n(CC(=O)N2CCC(OC)CC2)c1. The van der Waals surface area contributed by atoms with Crippen LogP contribution in [0.1, 0.15) is 26.7 Å². The number of amides is 1. The van der Waals surface area contributed by atoms with Crippen LogP contribution in [-0.2, 0) is 26.1 Å². The minimum atomic E-state index is -3.68. The lowest BCUT2D eigenvalue weighted by molar-refractivity contribution is -0.134. The second kappa shape index (κ2) is 8.79. The number of rotatable bonds is 7. The van der Waals surface area contributed by atoms with E-state index in [0.29, 0.717) is 26.2 Å². The molecule has 2 rings (SSSR count). The fourth-order valence-corrected chi connectivity index (χ4v) is 4.56. The number of sulfonamides is 1. The first kappa shape index (κ1) is 20.6. The Labute approximate surface area is 154 Å². The van der Waals surface area contributed by atoms with Gasteiger partial charge in [0.05, 0.1) is 11.0 Å². The predicted molar refractivity (Wildman–Crippen MR) is 97.4 cm³/mol. The van der Waals surface area contributed by atoms with Gasteiger partial charge in [0.15, 0.2) is 0 Å². The third-order valence-corrected chi connectivity index (χ3v) is 6.77. The Morgan fingerprint density at radius 2 is 1.85 bits per heavy atom. The predicted octanol–water partition coefficient (Wildman–Crippen LogP) is 0.516. The molecule has 1 saturated heterocycles. The minimum Gasteiger partial charge on any atom is -0.381 e. The lowest BCUT2D eigenvalue weighted by Gasteiger charge is -2.31. The summed E-state index contributed by atoms with van der Waals surface area (Å²) in [5.41, 5.74) is -0.399. The van der Waals surface area contributed by atoms with E-state index >= 15 is 0 Å². The molecule has 1 aromatic rings. The number of nitrogens with zero attached hydrogens (tertiary/aromatic N) is 3. The van der Waals surface area contributed by atoms with Crippen LogP contribution in [0.4, 0.5) is 0 Å². The number of methoxy groups -OCH3 is 1. The molecule has 0 atom stereocenters. The second-order valence-corrected chi connectivity index (χ2v) is 8.17. The van der Waals surface area contributed by atoms with Crippen LogP contribution in [0.15, 0.2) is 28.0 Å². The third-order valence-electron chi connectivity index (χ3n) is 4.73. The van der Waals surface area contributed by atoms with Crippen molar-refractivity contribution in [3.05, 3.63) is 28.7 Å². The van der Waals surface area contributed by atoms with Gasteiger partial charge in [-0.05, 0) is 18.9 Å². The third kappa shape index (κ3) is 4.52. The van der Waals surface area contributed by atoms with Gasteiger partial charge in [-0.25, -0.2) is 8.42 Å². The number of aromatic nitrogens is 1. The first-order chi connectivity index (χ1) is 12.3. The smallest absolute Gasteiger partial charge is 0.251 e. The summed E-state index contributed by atoms with van der Waals surface area (Å²) >= 11 is 0. The zero-order chi connectivity index (χ0) is 19.3. The highest BCUT2D eigenvalue weighted by Gasteiger charge is 2.25. The van der Waals surface area contributed by atoms with E-state index in [4.69, 9.17) is 4.74 Å². The molecular weight excluding hydrogens is 358 g/mol. The zero-order valence-corrected chi connectivity index (χ0v) is 16.4. The van der Waals surface area contributed by atoms with Crippen molar-refractivity contribution in [3.8, 4) is 0 Å². The largest absolute Gasteiger partial charge is 0.381 e. The highest BCUT2D eigenvalue weighted by molar-refractivity contribution is 7.89. The van der Waals surface area contributed by atoms with Crippen LogP contribution in [0.3, 0.4) is 0 Å². The van der Waals surface area contributed by atoms with E-state index in [1.807, 2.05) is 0 Å². The lowest BCUT2D eigenvalue weighted by atomic mass is 10.1. The molecule has 1 aromatic heterocycles. The van der Waals surface area contributed by atoms with Crippen LogP contribution in [0.25, 0.3) is 0 Å². The molecule has 0 unspecified atom stereocenters. The Morgan fingerprint density at radius 3 is 2.38 bits per heavy atom. The second-order valence-electron chi connectivity index (χ2n) is 6.24. The quantitative estimate of drug-likeness (QED) is 0.683. The molecule has 1 aliphatic rings. The van der Waals surface area contributed by atoms with Gasteiger partial charge in [0.2, 0.25) is 15.9 Å². The average Bonchev–Trinajstić information content (AvgIpc) is 2.64. The van der Waals surface area contributed by atoms with Crippen LogP contribution in [-0.4, -0.2) is 67.5 Å². The number of piperidine rings is 1. The van der Waals surface area contributed by atoms with E-state index < -0.39 is 15.6 Å². The summed E-state index contributed by atoms with van der Waals surface area (Å²) < 4.78 is 33.0. The summed E-state index contributed by atoms with van der Waals surface area (Å²) in [6.45, 7) is 5.16. The van der Waals surface area contributed by atoms with E-state index in [1.54, 1.807) is 25.9 Å². The van der Waals surface area contributed by atoms with Gasteiger partial charge in [0, 0.05) is 45.6 Å². The molecular formula is C17H27N3O5S. The maximum atomic E-state index is 12.6. The van der Waals surface area contributed by atoms with Crippen LogP contribution >= 0.6 is 0 Å². The molecule has 0 aromatic carbocycles. The number of hydrogen-bond acceptors (Lipinski definition) is 5. The summed E-state index contributed by atoms with van der Waals surface area (Å²) in [7, 11) is -2.02. The molecule has 8 nitrogen and oxygen atoms in total. The molecule has 1 aliphatic heterocycles. The average molecular weight is 385 g/mol. The molecule has 9 heteroatoms. The van der Waals surface area contributed by atoms with Crippen molar-refractivity contribution in [3.63, 3.8) is 0 Å². The van der Waals surface area contributed by atoms with Crippen molar-refractivity contribution in [1.82, 2.24) is 13.8 Å². The van der Waals surface area contributed by atoms with E-state index in [9.17, 15) is 18.0 Å². The van der Waals surface area contributed by atoms with Crippen molar-refractivity contribution >= 4 is 15.9 Å². The van der Waals surface area contributed by atoms with Crippen molar-refractivity contribution in [1.29, 1.82) is 0 Å². The van der Waals surface area contributed by atoms with E-state index in [2.05, 4.69) is 0 Å². The van der Waals surface area contributed by atoms with Gasteiger partial charge >= 0.3 is 0 Å². The van der Waals surface area contributed by atoms with E-state index in [-0.39, 0.29) is 23.5 Å². The van der Waals surface area contributed by atoms with Crippen molar-refractivity contribution in [2.24, 2.45) is 0 Å². The monoisotopic (exact) mass is 385 g/mol. The van der Waals surface area contributed by atoms with Gasteiger partial charge in [0.1, 0.15) is 6.54 Å². The molecule has 0 saturated carbocycles. The summed E-state index contributed by atoms with van der Waals surface area (Å²) in [6.07, 6.45) is 2.93. The standard InChI is InChI=1S/C17H27N3O5S/c1-4-20(5-2)26(23,24)15-6-7-16(21)19(12-15)13-17(22)18-10-8-14(25-3)9-11-18/h6-7,12,14H,4-5,8-11,13H2,1-3H3. The topological polar surface area (TPSA) is 88.9 Å². The Bertz CT molecular complexity index is 778. The Hall–Kier alpha value is -1.71. The number of carbonyl (C=O) groups excluding carboxylic acids is 1. The van der Waals surface area contributed by atoms with Crippen LogP contribution in [0.2, 0.25) is 0 Å². The zero-order valence-electron chi connectivity index (χ0n) is 15.6. The number of carbonyl (C=O) groups is 1. The Kier molecular flexibility index (Phi) is 6.96. The van der Waals surface area contributed by atoms with Crippen LogP contribution in [0, 0.1) is 0 Å². The van der Waals surface area contributed by atoms with Crippen molar-refractivity contribution < 1.29 is 17.9 Å². The van der Waals surface area contributed by atoms with Crippen LogP contribution in [0.5, 0.6) is 0 Å². The number of ether oxygens (including phenoxy) is 1. The molecule has 1 fully saturated rings. The highest BCUT2D eigenvalue weighted by atomic mass is 32.2. The highest BCUT2D eigenvalue weighted by Crippen LogP contribution is 2.15. The number of pyridine rings is 1. The molecule has 146 valence electrons. The fourth-order valence-electron chi connectivity index (χ4n) is 3.08. The fraction of sp³-hybridized carbons (Fsp3) is 0.647. The van der Waals surface area contributed by atoms with Gasteiger partial charge in [-0.15, -0.1) is 0 Å². The molecule has 0 spiro atoms. The van der Waals surface area contributed by atoms with Gasteiger partial charge in [0.25, 0.3) is 5.56 Å². The first-order valence-corrected chi connectivity index (χ1v) is 10.3. The summed E-state index contributed by atoms with van der Waals surface area (Å²) in [5.74, 6) is -0.195. The Morgan fingerprint density at radius 1 is 1.23 bits per heavy atom. The normalized spacial score (nSPS) is 16.2. The summed E-state index contributed by atoms with van der Waals surface area (Å²) in [5, 5.41) is 0. The van der Waals surface area contributed by atoms with Crippen LogP contribution < -0.4 is 5.56 Å². The summed E-state index contributed by atoms with van der Waals surface area (Å²) in [4.78, 5) is 26.3. The van der Waals surface area contributed by atoms with Crippen molar-refractivity contribution in [2.75, 3.05) is 33.3 Å². The minimum absolute atomic E-state index is 0.0201. The molecule has 0 N–H and O–H groups in total. The first-order valence-electron chi connectivity index (χ1n) is 8.84. The van der Waals surface area contributed by atoms with Crippen molar-refractivity contribution in [2.45, 2.75) is 44.2 Å². The van der Waals surface area contributed by atoms with Gasteiger partial charge in [-0.3, -0.25) is 9.59 Å². The Balaban J connectivity index is 2.18. The van der Waals surface area contributed by atoms with E-state index in [1.165, 1.54) is 27.2 Å². The number of hydrogen-bond donors (Lipinski definition) is 0. The summed E-state index contributed by atoms with van der Waals surface area (Å²) in [6, 6.07) is 2.49. The van der Waals surface area contributed by atoms with E-state index in [0.717, 1.165) is 12.8 Å². The molecule has 0 radical (unpaired) electrons. The molecule has 1 amide bonds. The molecule has 0 aliphatic carbocycles. The maximum Gasteiger partial charge on any atom is 0.251 e. The van der Waals surface area contributed by atoms with Gasteiger partial charge in [-0.1, -0.05) is 13.8 Å². The lowest BCUT2D eigenvalue weighted by Crippen LogP contribution is -2.43. The molecule has 2 heterocycles. The molecule has 26 heavy (non-hydrogen) atoms. The van der Waals surface area contributed by atoms with Gasteiger partial charge < -0.3 is 14.2 Å². The molecule has 0 bridgehead atoms. The van der Waals surface area contributed by atoms with Gasteiger partial charge in [-0.2, -0.15) is 4.31 Å².